The predicted molar refractivity (Wildman–Crippen MR) is 81.3 cm³/mol. The molecular formula is C18H22O. The lowest BCUT2D eigenvalue weighted by atomic mass is 9.85. The fraction of sp³-hybridized carbons (Fsp3) is 0.333. The first-order valence-electron chi connectivity index (χ1n) is 6.70. The number of rotatable bonds is 3. The standard InChI is InChI=1S/C18H22O/c1-18(2,3)16-10-7-9-14(12-16)17-11-6-5-8-15(17)13-19-4/h5-12H,13H2,1-4H3. The summed E-state index contributed by atoms with van der Waals surface area (Å²) in [6.45, 7) is 7.38. The van der Waals surface area contributed by atoms with E-state index in [-0.39, 0.29) is 5.41 Å². The number of ether oxygens (including phenoxy) is 1. The number of benzene rings is 2. The Bertz CT molecular complexity index is 550. The number of hydrogen-bond donors (Lipinski definition) is 0. The van der Waals surface area contributed by atoms with Crippen molar-refractivity contribution in [1.29, 1.82) is 0 Å². The van der Waals surface area contributed by atoms with Crippen molar-refractivity contribution in [3.63, 3.8) is 0 Å². The molecule has 0 amide bonds. The van der Waals surface area contributed by atoms with Gasteiger partial charge in [-0.3, -0.25) is 0 Å². The van der Waals surface area contributed by atoms with Crippen molar-refractivity contribution in [2.45, 2.75) is 32.8 Å². The van der Waals surface area contributed by atoms with Crippen LogP contribution in [0.2, 0.25) is 0 Å². The molecule has 0 aromatic heterocycles. The first-order chi connectivity index (χ1) is 9.02. The summed E-state index contributed by atoms with van der Waals surface area (Å²) in [5.74, 6) is 0. The van der Waals surface area contributed by atoms with Crippen LogP contribution in [0.5, 0.6) is 0 Å². The molecule has 2 rings (SSSR count). The number of hydrogen-bond acceptors (Lipinski definition) is 1. The van der Waals surface area contributed by atoms with E-state index in [1.165, 1.54) is 22.3 Å². The van der Waals surface area contributed by atoms with E-state index in [1.54, 1.807) is 7.11 Å². The van der Waals surface area contributed by atoms with Gasteiger partial charge in [-0.15, -0.1) is 0 Å². The highest BCUT2D eigenvalue weighted by Crippen LogP contribution is 2.29. The SMILES string of the molecule is COCc1ccccc1-c1cccc(C(C)(C)C)c1. The molecule has 0 radical (unpaired) electrons. The summed E-state index contributed by atoms with van der Waals surface area (Å²) >= 11 is 0. The molecule has 0 aliphatic carbocycles. The van der Waals surface area contributed by atoms with Gasteiger partial charge in [0.2, 0.25) is 0 Å². The average molecular weight is 254 g/mol. The van der Waals surface area contributed by atoms with Crippen LogP contribution >= 0.6 is 0 Å². The van der Waals surface area contributed by atoms with Crippen molar-refractivity contribution in [3.8, 4) is 11.1 Å². The molecule has 0 heterocycles. The van der Waals surface area contributed by atoms with Crippen LogP contribution < -0.4 is 0 Å². The van der Waals surface area contributed by atoms with Crippen molar-refractivity contribution < 1.29 is 4.74 Å². The van der Waals surface area contributed by atoms with Gasteiger partial charge >= 0.3 is 0 Å². The Labute approximate surface area is 116 Å². The smallest absolute Gasteiger partial charge is 0.0719 e. The Morgan fingerprint density at radius 1 is 0.947 bits per heavy atom. The van der Waals surface area contributed by atoms with Crippen LogP contribution in [0.4, 0.5) is 0 Å². The molecule has 0 saturated heterocycles. The third kappa shape index (κ3) is 3.24. The molecular weight excluding hydrogens is 232 g/mol. The van der Waals surface area contributed by atoms with Crippen LogP contribution in [-0.2, 0) is 16.8 Å². The quantitative estimate of drug-likeness (QED) is 0.764. The molecule has 0 N–H and O–H groups in total. The van der Waals surface area contributed by atoms with Gasteiger partial charge in [-0.05, 0) is 27.7 Å². The molecule has 0 atom stereocenters. The van der Waals surface area contributed by atoms with Gasteiger partial charge in [0, 0.05) is 7.11 Å². The summed E-state index contributed by atoms with van der Waals surface area (Å²) in [6, 6.07) is 17.2. The van der Waals surface area contributed by atoms with Crippen LogP contribution in [0.15, 0.2) is 48.5 Å². The van der Waals surface area contributed by atoms with E-state index in [9.17, 15) is 0 Å². The second kappa shape index (κ2) is 5.58. The van der Waals surface area contributed by atoms with E-state index in [4.69, 9.17) is 4.74 Å². The van der Waals surface area contributed by atoms with Gasteiger partial charge in [0.05, 0.1) is 6.61 Å². The molecule has 100 valence electrons. The highest BCUT2D eigenvalue weighted by Gasteiger charge is 2.14. The van der Waals surface area contributed by atoms with E-state index >= 15 is 0 Å². The Morgan fingerprint density at radius 2 is 1.68 bits per heavy atom. The van der Waals surface area contributed by atoms with Gasteiger partial charge in [0.25, 0.3) is 0 Å². The van der Waals surface area contributed by atoms with Gasteiger partial charge in [-0.25, -0.2) is 0 Å². The largest absolute Gasteiger partial charge is 0.380 e. The lowest BCUT2D eigenvalue weighted by Crippen LogP contribution is -2.10. The lowest BCUT2D eigenvalue weighted by Gasteiger charge is -2.20. The van der Waals surface area contributed by atoms with E-state index < -0.39 is 0 Å². The molecule has 19 heavy (non-hydrogen) atoms. The van der Waals surface area contributed by atoms with Crippen LogP contribution in [0.1, 0.15) is 31.9 Å². The summed E-state index contributed by atoms with van der Waals surface area (Å²) in [5.41, 5.74) is 5.29. The molecule has 2 aromatic carbocycles. The predicted octanol–water partition coefficient (Wildman–Crippen LogP) is 4.80. The molecule has 2 aromatic rings. The molecule has 0 saturated carbocycles. The first kappa shape index (κ1) is 13.8. The maximum absolute atomic E-state index is 5.29. The minimum absolute atomic E-state index is 0.173. The summed E-state index contributed by atoms with van der Waals surface area (Å²) in [7, 11) is 1.74. The monoisotopic (exact) mass is 254 g/mol. The number of methoxy groups -OCH3 is 1. The Balaban J connectivity index is 2.48. The summed E-state index contributed by atoms with van der Waals surface area (Å²) in [4.78, 5) is 0. The zero-order valence-corrected chi connectivity index (χ0v) is 12.2. The fourth-order valence-corrected chi connectivity index (χ4v) is 2.24. The third-order valence-electron chi connectivity index (χ3n) is 3.36. The van der Waals surface area contributed by atoms with Crippen LogP contribution in [0.25, 0.3) is 11.1 Å². The van der Waals surface area contributed by atoms with Crippen molar-refractivity contribution >= 4 is 0 Å². The molecule has 1 nitrogen and oxygen atoms in total. The van der Waals surface area contributed by atoms with Gasteiger partial charge in [-0.2, -0.15) is 0 Å². The second-order valence-electron chi connectivity index (χ2n) is 5.92. The van der Waals surface area contributed by atoms with Crippen molar-refractivity contribution in [2.75, 3.05) is 7.11 Å². The summed E-state index contributed by atoms with van der Waals surface area (Å²) in [5, 5.41) is 0. The Morgan fingerprint density at radius 3 is 2.37 bits per heavy atom. The highest BCUT2D eigenvalue weighted by atomic mass is 16.5. The van der Waals surface area contributed by atoms with Gasteiger partial charge < -0.3 is 4.74 Å². The van der Waals surface area contributed by atoms with Crippen LogP contribution in [0, 0.1) is 0 Å². The fourth-order valence-electron chi connectivity index (χ4n) is 2.24. The van der Waals surface area contributed by atoms with E-state index in [2.05, 4.69) is 69.3 Å². The normalized spacial score (nSPS) is 11.6. The van der Waals surface area contributed by atoms with Crippen molar-refractivity contribution in [1.82, 2.24) is 0 Å². The maximum Gasteiger partial charge on any atom is 0.0719 e. The summed E-state index contributed by atoms with van der Waals surface area (Å²) in [6.07, 6.45) is 0. The highest BCUT2D eigenvalue weighted by molar-refractivity contribution is 5.68. The van der Waals surface area contributed by atoms with Crippen molar-refractivity contribution in [3.05, 3.63) is 59.7 Å². The van der Waals surface area contributed by atoms with Gasteiger partial charge in [0.15, 0.2) is 0 Å². The minimum atomic E-state index is 0.173. The summed E-state index contributed by atoms with van der Waals surface area (Å²) < 4.78 is 5.29. The topological polar surface area (TPSA) is 9.23 Å². The molecule has 0 aliphatic heterocycles. The zero-order chi connectivity index (χ0) is 13.9. The third-order valence-corrected chi connectivity index (χ3v) is 3.36. The van der Waals surface area contributed by atoms with Crippen LogP contribution in [-0.4, -0.2) is 7.11 Å². The molecule has 0 fully saturated rings. The lowest BCUT2D eigenvalue weighted by molar-refractivity contribution is 0.185. The minimum Gasteiger partial charge on any atom is -0.380 e. The van der Waals surface area contributed by atoms with E-state index in [0.29, 0.717) is 6.61 Å². The maximum atomic E-state index is 5.29. The Hall–Kier alpha value is -1.60. The zero-order valence-electron chi connectivity index (χ0n) is 12.2. The molecule has 0 bridgehead atoms. The van der Waals surface area contributed by atoms with Gasteiger partial charge in [0.1, 0.15) is 0 Å². The second-order valence-corrected chi connectivity index (χ2v) is 5.92. The average Bonchev–Trinajstić information content (AvgIpc) is 2.39. The van der Waals surface area contributed by atoms with Gasteiger partial charge in [-0.1, -0.05) is 69.3 Å². The molecule has 0 spiro atoms. The first-order valence-corrected chi connectivity index (χ1v) is 6.70. The Kier molecular flexibility index (Phi) is 4.06. The molecule has 0 unspecified atom stereocenters. The molecule has 1 heteroatoms. The van der Waals surface area contributed by atoms with E-state index in [0.717, 1.165) is 0 Å². The van der Waals surface area contributed by atoms with E-state index in [1.807, 2.05) is 0 Å². The molecule has 0 aliphatic rings. The van der Waals surface area contributed by atoms with Crippen LogP contribution in [0.3, 0.4) is 0 Å². The van der Waals surface area contributed by atoms with Crippen molar-refractivity contribution in [2.24, 2.45) is 0 Å².